The molecule has 0 aliphatic rings. The summed E-state index contributed by atoms with van der Waals surface area (Å²) in [5.41, 5.74) is 2.54. The number of hydrogen-bond donors (Lipinski definition) is 2. The lowest BCUT2D eigenvalue weighted by Crippen LogP contribution is -2.15. The molecular weight excluding hydrogens is 421 g/mol. The van der Waals surface area contributed by atoms with Crippen LogP contribution in [0.5, 0.6) is 5.75 Å². The third kappa shape index (κ3) is 8.69. The van der Waals surface area contributed by atoms with Crippen LogP contribution in [0.25, 0.3) is 5.70 Å². The molecule has 2 rings (SSSR count). The van der Waals surface area contributed by atoms with Crippen molar-refractivity contribution in [1.29, 1.82) is 0 Å². The second kappa shape index (κ2) is 12.2. The third-order valence-electron chi connectivity index (χ3n) is 4.74. The highest BCUT2D eigenvalue weighted by Gasteiger charge is 2.16. The molecule has 1 amide bonds. The standard InChI is InChI=1S/C26H34FN3O3/c1-7-28-23-17-21(33-15-14-32-6)16-22(27)25(23)18(2)29-19-8-10-20(11-9-19)30-24(31)12-13-26(3,4)5/h7-11,16-17,29H,2,12-15H2,1,3-6H3,(H,30,31). The molecule has 0 fully saturated rings. The van der Waals surface area contributed by atoms with Crippen molar-refractivity contribution in [2.75, 3.05) is 31.0 Å². The fraction of sp³-hybridized carbons (Fsp3) is 0.385. The Morgan fingerprint density at radius 2 is 1.76 bits per heavy atom. The number of hydrogen-bond acceptors (Lipinski definition) is 5. The number of benzene rings is 2. The molecule has 0 saturated carbocycles. The zero-order valence-electron chi connectivity index (χ0n) is 20.1. The molecule has 0 spiro atoms. The van der Waals surface area contributed by atoms with Gasteiger partial charge in [0.2, 0.25) is 5.91 Å². The maximum atomic E-state index is 14.9. The van der Waals surface area contributed by atoms with Crippen LogP contribution >= 0.6 is 0 Å². The van der Waals surface area contributed by atoms with Gasteiger partial charge in [-0.1, -0.05) is 27.4 Å². The molecule has 0 atom stereocenters. The van der Waals surface area contributed by atoms with Crippen molar-refractivity contribution in [3.8, 4) is 5.75 Å². The van der Waals surface area contributed by atoms with E-state index in [0.29, 0.717) is 48.1 Å². The first-order chi connectivity index (χ1) is 15.6. The van der Waals surface area contributed by atoms with Gasteiger partial charge < -0.3 is 20.1 Å². The van der Waals surface area contributed by atoms with Crippen LogP contribution in [0.4, 0.5) is 21.5 Å². The van der Waals surface area contributed by atoms with Gasteiger partial charge in [0.1, 0.15) is 18.2 Å². The number of nitrogens with one attached hydrogen (secondary N) is 2. The Balaban J connectivity index is 2.09. The highest BCUT2D eigenvalue weighted by molar-refractivity contribution is 5.91. The number of nitrogens with zero attached hydrogens (tertiary/aromatic N) is 1. The van der Waals surface area contributed by atoms with E-state index in [1.807, 2.05) is 0 Å². The van der Waals surface area contributed by atoms with Crippen LogP contribution in [-0.4, -0.2) is 32.4 Å². The summed E-state index contributed by atoms with van der Waals surface area (Å²) < 4.78 is 25.4. The van der Waals surface area contributed by atoms with Crippen LogP contribution in [0, 0.1) is 11.2 Å². The zero-order chi connectivity index (χ0) is 24.4. The lowest BCUT2D eigenvalue weighted by molar-refractivity contribution is -0.116. The van der Waals surface area contributed by atoms with Gasteiger partial charge in [-0.25, -0.2) is 4.39 Å². The van der Waals surface area contributed by atoms with Gasteiger partial charge in [0.15, 0.2) is 0 Å². The van der Waals surface area contributed by atoms with Crippen molar-refractivity contribution in [2.45, 2.75) is 40.5 Å². The molecule has 178 valence electrons. The lowest BCUT2D eigenvalue weighted by Gasteiger charge is -2.17. The highest BCUT2D eigenvalue weighted by Crippen LogP contribution is 2.33. The normalized spacial score (nSPS) is 11.5. The van der Waals surface area contributed by atoms with Gasteiger partial charge in [-0.2, -0.15) is 0 Å². The van der Waals surface area contributed by atoms with Crippen molar-refractivity contribution in [3.05, 3.63) is 54.4 Å². The number of rotatable bonds is 11. The molecule has 7 heteroatoms. The van der Waals surface area contributed by atoms with Gasteiger partial charge in [0.25, 0.3) is 0 Å². The molecule has 0 aliphatic carbocycles. The molecule has 0 unspecified atom stereocenters. The molecule has 0 saturated heterocycles. The number of aliphatic imine (C=N–C) groups is 1. The number of amides is 1. The molecule has 0 aromatic heterocycles. The average Bonchev–Trinajstić information content (AvgIpc) is 2.73. The van der Waals surface area contributed by atoms with Crippen molar-refractivity contribution in [2.24, 2.45) is 10.4 Å². The van der Waals surface area contributed by atoms with E-state index in [2.05, 4.69) is 43.0 Å². The summed E-state index contributed by atoms with van der Waals surface area (Å²) in [5, 5.41) is 6.01. The Kier molecular flexibility index (Phi) is 9.60. The van der Waals surface area contributed by atoms with Gasteiger partial charge in [0, 0.05) is 48.9 Å². The van der Waals surface area contributed by atoms with Crippen LogP contribution in [0.3, 0.4) is 0 Å². The topological polar surface area (TPSA) is 72.0 Å². The minimum absolute atomic E-state index is 0.0213. The first kappa shape index (κ1) is 26.1. The maximum absolute atomic E-state index is 14.9. The van der Waals surface area contributed by atoms with Crippen molar-refractivity contribution in [1.82, 2.24) is 0 Å². The summed E-state index contributed by atoms with van der Waals surface area (Å²) >= 11 is 0. The minimum atomic E-state index is -0.495. The second-order valence-electron chi connectivity index (χ2n) is 8.82. The SMILES string of the molecule is C=C(Nc1ccc(NC(=O)CCC(C)(C)C)cc1)c1c(F)cc(OCCOC)cc1N=CC. The van der Waals surface area contributed by atoms with E-state index in [1.54, 1.807) is 50.6 Å². The fourth-order valence-corrected chi connectivity index (χ4v) is 3.02. The summed E-state index contributed by atoms with van der Waals surface area (Å²) in [7, 11) is 1.57. The highest BCUT2D eigenvalue weighted by atomic mass is 19.1. The van der Waals surface area contributed by atoms with Crippen LogP contribution in [0.1, 0.15) is 46.1 Å². The van der Waals surface area contributed by atoms with Gasteiger partial charge >= 0.3 is 0 Å². The average molecular weight is 456 g/mol. The van der Waals surface area contributed by atoms with E-state index in [-0.39, 0.29) is 16.9 Å². The Morgan fingerprint density at radius 3 is 2.33 bits per heavy atom. The number of anilines is 2. The van der Waals surface area contributed by atoms with E-state index < -0.39 is 5.82 Å². The predicted molar refractivity (Wildman–Crippen MR) is 134 cm³/mol. The Morgan fingerprint density at radius 1 is 1.12 bits per heavy atom. The monoisotopic (exact) mass is 455 g/mol. The first-order valence-corrected chi connectivity index (χ1v) is 10.9. The van der Waals surface area contributed by atoms with Crippen molar-refractivity contribution in [3.63, 3.8) is 0 Å². The molecule has 2 aromatic rings. The third-order valence-corrected chi connectivity index (χ3v) is 4.74. The number of halogens is 1. The van der Waals surface area contributed by atoms with Crippen LogP contribution in [-0.2, 0) is 9.53 Å². The lowest BCUT2D eigenvalue weighted by atomic mass is 9.90. The van der Waals surface area contributed by atoms with Gasteiger partial charge in [-0.3, -0.25) is 9.79 Å². The van der Waals surface area contributed by atoms with E-state index in [4.69, 9.17) is 9.47 Å². The van der Waals surface area contributed by atoms with E-state index in [1.165, 1.54) is 6.07 Å². The summed E-state index contributed by atoms with van der Waals surface area (Å²) in [6, 6.07) is 10.2. The number of ether oxygens (including phenoxy) is 2. The zero-order valence-corrected chi connectivity index (χ0v) is 20.1. The number of carbonyl (C=O) groups excluding carboxylic acids is 1. The summed E-state index contributed by atoms with van der Waals surface area (Å²) in [6.45, 7) is 12.8. The van der Waals surface area contributed by atoms with E-state index in [0.717, 1.165) is 6.42 Å². The fourth-order valence-electron chi connectivity index (χ4n) is 3.02. The van der Waals surface area contributed by atoms with Crippen molar-refractivity contribution < 1.29 is 18.7 Å². The summed E-state index contributed by atoms with van der Waals surface area (Å²) in [5.74, 6) is -0.147. The van der Waals surface area contributed by atoms with Gasteiger partial charge in [0.05, 0.1) is 17.9 Å². The molecule has 33 heavy (non-hydrogen) atoms. The molecular formula is C26H34FN3O3. The largest absolute Gasteiger partial charge is 0.491 e. The minimum Gasteiger partial charge on any atom is -0.491 e. The Labute approximate surface area is 195 Å². The quantitative estimate of drug-likeness (QED) is 0.303. The smallest absolute Gasteiger partial charge is 0.224 e. The van der Waals surface area contributed by atoms with Gasteiger partial charge in [-0.05, 0) is 43.0 Å². The predicted octanol–water partition coefficient (Wildman–Crippen LogP) is 6.42. The molecule has 0 bridgehead atoms. The number of methoxy groups -OCH3 is 1. The summed E-state index contributed by atoms with van der Waals surface area (Å²) in [4.78, 5) is 16.4. The maximum Gasteiger partial charge on any atom is 0.224 e. The number of carbonyl (C=O) groups is 1. The summed E-state index contributed by atoms with van der Waals surface area (Å²) in [6.07, 6.45) is 2.86. The molecule has 6 nitrogen and oxygen atoms in total. The molecule has 0 aliphatic heterocycles. The van der Waals surface area contributed by atoms with Gasteiger partial charge in [-0.15, -0.1) is 0 Å². The molecule has 2 N–H and O–H groups in total. The van der Waals surface area contributed by atoms with Crippen molar-refractivity contribution >= 4 is 34.9 Å². The van der Waals surface area contributed by atoms with Crippen LogP contribution in [0.15, 0.2) is 48.0 Å². The Hall–Kier alpha value is -3.19. The second-order valence-corrected chi connectivity index (χ2v) is 8.82. The van der Waals surface area contributed by atoms with E-state index in [9.17, 15) is 9.18 Å². The van der Waals surface area contributed by atoms with Crippen LogP contribution < -0.4 is 15.4 Å². The molecule has 2 aromatic carbocycles. The first-order valence-electron chi connectivity index (χ1n) is 10.9. The van der Waals surface area contributed by atoms with E-state index >= 15 is 0 Å². The Bertz CT molecular complexity index is 980. The molecule has 0 heterocycles. The van der Waals surface area contributed by atoms with Crippen LogP contribution in [0.2, 0.25) is 0 Å². The molecule has 0 radical (unpaired) electrons.